The van der Waals surface area contributed by atoms with E-state index in [1.165, 1.54) is 0 Å². The van der Waals surface area contributed by atoms with Gasteiger partial charge >= 0.3 is 0 Å². The molecule has 1 N–H and O–H groups in total. The monoisotopic (exact) mass is 359 g/mol. The van der Waals surface area contributed by atoms with E-state index in [0.717, 1.165) is 44.3 Å². The standard InChI is InChI=1S/C18H25N5O3/c1-3-26-16-6-4-15(5-7-16)23-14(2)17(20-21-23)18(24)19-8-9-22-10-12-25-13-11-22/h4-7H,3,8-13H2,1-2H3,(H,19,24). The van der Waals surface area contributed by atoms with Crippen LogP contribution in [0.5, 0.6) is 5.75 Å². The van der Waals surface area contributed by atoms with Gasteiger partial charge in [0.1, 0.15) is 5.75 Å². The first-order valence-corrected chi connectivity index (χ1v) is 8.93. The van der Waals surface area contributed by atoms with Crippen LogP contribution in [0.1, 0.15) is 23.1 Å². The molecule has 0 unspecified atom stereocenters. The number of rotatable bonds is 7. The fourth-order valence-corrected chi connectivity index (χ4v) is 2.87. The van der Waals surface area contributed by atoms with Gasteiger partial charge in [0.15, 0.2) is 5.69 Å². The maximum Gasteiger partial charge on any atom is 0.273 e. The van der Waals surface area contributed by atoms with Gasteiger partial charge < -0.3 is 14.8 Å². The van der Waals surface area contributed by atoms with Gasteiger partial charge in [-0.2, -0.15) is 0 Å². The molecule has 1 aliphatic rings. The summed E-state index contributed by atoms with van der Waals surface area (Å²) in [5, 5.41) is 11.1. The second kappa shape index (κ2) is 8.77. The Labute approximate surface area is 153 Å². The van der Waals surface area contributed by atoms with Gasteiger partial charge in [0.25, 0.3) is 5.91 Å². The molecule has 1 aromatic heterocycles. The number of amides is 1. The lowest BCUT2D eigenvalue weighted by molar-refractivity contribution is 0.0383. The Kier molecular flexibility index (Phi) is 6.19. The third-order valence-corrected chi connectivity index (χ3v) is 4.32. The highest BCUT2D eigenvalue weighted by Crippen LogP contribution is 2.17. The van der Waals surface area contributed by atoms with Gasteiger partial charge in [-0.1, -0.05) is 5.21 Å². The minimum absolute atomic E-state index is 0.201. The van der Waals surface area contributed by atoms with Crippen LogP contribution in [0.4, 0.5) is 0 Å². The molecule has 0 atom stereocenters. The summed E-state index contributed by atoms with van der Waals surface area (Å²) in [5.41, 5.74) is 1.89. The smallest absolute Gasteiger partial charge is 0.273 e. The van der Waals surface area contributed by atoms with Crippen molar-refractivity contribution in [2.24, 2.45) is 0 Å². The first-order valence-electron chi connectivity index (χ1n) is 8.93. The van der Waals surface area contributed by atoms with Crippen LogP contribution in [0.25, 0.3) is 5.69 Å². The molecular formula is C18H25N5O3. The average molecular weight is 359 g/mol. The van der Waals surface area contributed by atoms with Crippen molar-refractivity contribution in [2.45, 2.75) is 13.8 Å². The van der Waals surface area contributed by atoms with Gasteiger partial charge in [-0.3, -0.25) is 9.69 Å². The van der Waals surface area contributed by atoms with E-state index in [2.05, 4.69) is 20.5 Å². The number of aromatic nitrogens is 3. The van der Waals surface area contributed by atoms with E-state index < -0.39 is 0 Å². The van der Waals surface area contributed by atoms with E-state index in [9.17, 15) is 4.79 Å². The second-order valence-corrected chi connectivity index (χ2v) is 6.07. The summed E-state index contributed by atoms with van der Waals surface area (Å²) >= 11 is 0. The van der Waals surface area contributed by atoms with Crippen LogP contribution in [0.15, 0.2) is 24.3 Å². The average Bonchev–Trinajstić information content (AvgIpc) is 3.05. The molecule has 1 amide bonds. The molecule has 8 heteroatoms. The Bertz CT molecular complexity index is 723. The molecule has 140 valence electrons. The number of morpholine rings is 1. The SMILES string of the molecule is CCOc1ccc(-n2nnc(C(=O)NCCN3CCOCC3)c2C)cc1. The zero-order valence-electron chi connectivity index (χ0n) is 15.3. The number of hydrogen-bond acceptors (Lipinski definition) is 6. The Hall–Kier alpha value is -2.45. The summed E-state index contributed by atoms with van der Waals surface area (Å²) in [6.07, 6.45) is 0. The molecule has 2 heterocycles. The van der Waals surface area contributed by atoms with E-state index in [1.54, 1.807) is 4.68 Å². The van der Waals surface area contributed by atoms with Crippen molar-refractivity contribution in [3.63, 3.8) is 0 Å². The molecule has 2 aromatic rings. The number of carbonyl (C=O) groups excluding carboxylic acids is 1. The molecule has 3 rings (SSSR count). The number of nitrogens with zero attached hydrogens (tertiary/aromatic N) is 4. The van der Waals surface area contributed by atoms with Gasteiger partial charge in [-0.25, -0.2) is 4.68 Å². The molecular weight excluding hydrogens is 334 g/mol. The van der Waals surface area contributed by atoms with Crippen molar-refractivity contribution in [3.05, 3.63) is 35.7 Å². The zero-order chi connectivity index (χ0) is 18.4. The molecule has 0 bridgehead atoms. The molecule has 1 fully saturated rings. The third-order valence-electron chi connectivity index (χ3n) is 4.32. The first-order chi connectivity index (χ1) is 12.7. The molecule has 8 nitrogen and oxygen atoms in total. The Morgan fingerprint density at radius 3 is 2.69 bits per heavy atom. The van der Waals surface area contributed by atoms with Gasteiger partial charge in [-0.15, -0.1) is 5.10 Å². The molecule has 0 radical (unpaired) electrons. The van der Waals surface area contributed by atoms with Crippen molar-refractivity contribution >= 4 is 5.91 Å². The lowest BCUT2D eigenvalue weighted by Crippen LogP contribution is -2.41. The number of hydrogen-bond donors (Lipinski definition) is 1. The topological polar surface area (TPSA) is 81.5 Å². The maximum absolute atomic E-state index is 12.4. The summed E-state index contributed by atoms with van der Waals surface area (Å²) in [6, 6.07) is 7.55. The maximum atomic E-state index is 12.4. The number of carbonyl (C=O) groups is 1. The van der Waals surface area contributed by atoms with Crippen LogP contribution < -0.4 is 10.1 Å². The summed E-state index contributed by atoms with van der Waals surface area (Å²) in [4.78, 5) is 14.7. The van der Waals surface area contributed by atoms with E-state index in [4.69, 9.17) is 9.47 Å². The highest BCUT2D eigenvalue weighted by atomic mass is 16.5. The van der Waals surface area contributed by atoms with Gasteiger partial charge in [0, 0.05) is 26.2 Å². The minimum Gasteiger partial charge on any atom is -0.494 e. The summed E-state index contributed by atoms with van der Waals surface area (Å²) in [6.45, 7) is 9.11. The molecule has 0 saturated carbocycles. The fourth-order valence-electron chi connectivity index (χ4n) is 2.87. The number of benzene rings is 1. The van der Waals surface area contributed by atoms with Crippen LogP contribution in [-0.2, 0) is 4.74 Å². The zero-order valence-corrected chi connectivity index (χ0v) is 15.3. The first kappa shape index (κ1) is 18.3. The van der Waals surface area contributed by atoms with E-state index in [-0.39, 0.29) is 5.91 Å². The molecule has 0 spiro atoms. The lowest BCUT2D eigenvalue weighted by atomic mass is 10.2. The van der Waals surface area contributed by atoms with Crippen LogP contribution in [0.2, 0.25) is 0 Å². The van der Waals surface area contributed by atoms with Gasteiger partial charge in [0.05, 0.1) is 31.2 Å². The van der Waals surface area contributed by atoms with E-state index in [0.29, 0.717) is 24.5 Å². The van der Waals surface area contributed by atoms with Crippen LogP contribution >= 0.6 is 0 Å². The predicted octanol–water partition coefficient (Wildman–Crippen LogP) is 1.04. The van der Waals surface area contributed by atoms with Crippen LogP contribution in [0, 0.1) is 6.92 Å². The molecule has 1 aliphatic heterocycles. The molecule has 26 heavy (non-hydrogen) atoms. The molecule has 0 aliphatic carbocycles. The predicted molar refractivity (Wildman–Crippen MR) is 96.9 cm³/mol. The molecule has 1 aromatic carbocycles. The Morgan fingerprint density at radius 2 is 2.00 bits per heavy atom. The highest BCUT2D eigenvalue weighted by Gasteiger charge is 2.18. The third kappa shape index (κ3) is 4.39. The normalized spacial score (nSPS) is 15.0. The summed E-state index contributed by atoms with van der Waals surface area (Å²) in [5.74, 6) is 0.600. The van der Waals surface area contributed by atoms with Crippen LogP contribution in [-0.4, -0.2) is 71.8 Å². The fraction of sp³-hybridized carbons (Fsp3) is 0.500. The summed E-state index contributed by atoms with van der Waals surface area (Å²) < 4.78 is 12.4. The molecule has 1 saturated heterocycles. The van der Waals surface area contributed by atoms with Crippen molar-refractivity contribution in [1.82, 2.24) is 25.2 Å². The number of nitrogens with one attached hydrogen (secondary N) is 1. The van der Waals surface area contributed by atoms with Crippen molar-refractivity contribution < 1.29 is 14.3 Å². The summed E-state index contributed by atoms with van der Waals surface area (Å²) in [7, 11) is 0. The van der Waals surface area contributed by atoms with Gasteiger partial charge in [-0.05, 0) is 38.1 Å². The van der Waals surface area contributed by atoms with E-state index >= 15 is 0 Å². The minimum atomic E-state index is -0.201. The van der Waals surface area contributed by atoms with Crippen molar-refractivity contribution in [3.8, 4) is 11.4 Å². The Morgan fingerprint density at radius 1 is 1.27 bits per heavy atom. The largest absolute Gasteiger partial charge is 0.494 e. The highest BCUT2D eigenvalue weighted by molar-refractivity contribution is 5.93. The quantitative estimate of drug-likeness (QED) is 0.795. The van der Waals surface area contributed by atoms with E-state index in [1.807, 2.05) is 38.1 Å². The lowest BCUT2D eigenvalue weighted by Gasteiger charge is -2.26. The number of ether oxygens (including phenoxy) is 2. The Balaban J connectivity index is 1.59. The second-order valence-electron chi connectivity index (χ2n) is 6.07. The van der Waals surface area contributed by atoms with Crippen molar-refractivity contribution in [2.75, 3.05) is 46.0 Å². The van der Waals surface area contributed by atoms with Crippen LogP contribution in [0.3, 0.4) is 0 Å². The van der Waals surface area contributed by atoms with Gasteiger partial charge in [0.2, 0.25) is 0 Å². The van der Waals surface area contributed by atoms with Crippen molar-refractivity contribution in [1.29, 1.82) is 0 Å².